The number of carboxylic acid groups (broad SMARTS) is 1. The highest BCUT2D eigenvalue weighted by atomic mass is 16.4. The molecule has 0 spiro atoms. The highest BCUT2D eigenvalue weighted by Gasteiger charge is 2.26. The van der Waals surface area contributed by atoms with Gasteiger partial charge in [-0.3, -0.25) is 4.79 Å². The first kappa shape index (κ1) is 9.89. The van der Waals surface area contributed by atoms with E-state index in [-0.39, 0.29) is 5.56 Å². The number of nitrogens with zero attached hydrogens (tertiary/aromatic N) is 2. The van der Waals surface area contributed by atoms with Gasteiger partial charge in [-0.1, -0.05) is 0 Å². The van der Waals surface area contributed by atoms with Crippen LogP contribution in [0.2, 0.25) is 0 Å². The van der Waals surface area contributed by atoms with Crippen molar-refractivity contribution in [2.24, 2.45) is 0 Å². The molecule has 0 bridgehead atoms. The topological polar surface area (TPSA) is 72.2 Å². The van der Waals surface area contributed by atoms with Crippen molar-refractivity contribution in [3.63, 3.8) is 0 Å². The molecule has 0 radical (unpaired) electrons. The molecule has 1 aromatic heterocycles. The largest absolute Gasteiger partial charge is 0.480 e. The smallest absolute Gasteiger partial charge is 0.328 e. The maximum Gasteiger partial charge on any atom is 0.328 e. The molecule has 1 saturated carbocycles. The predicted octanol–water partition coefficient (Wildman–Crippen LogP) is 0.766. The Hall–Kier alpha value is -1.65. The van der Waals surface area contributed by atoms with Crippen molar-refractivity contribution in [1.82, 2.24) is 9.78 Å². The van der Waals surface area contributed by atoms with E-state index < -0.39 is 12.0 Å². The second-order valence-electron chi connectivity index (χ2n) is 3.83. The van der Waals surface area contributed by atoms with Crippen LogP contribution in [-0.2, 0) is 4.79 Å². The van der Waals surface area contributed by atoms with Gasteiger partial charge in [-0.05, 0) is 25.8 Å². The molecule has 1 N–H and O–H groups in total. The van der Waals surface area contributed by atoms with Crippen LogP contribution in [0.4, 0.5) is 0 Å². The first-order chi connectivity index (χ1) is 7.09. The molecule has 0 unspecified atom stereocenters. The summed E-state index contributed by atoms with van der Waals surface area (Å²) < 4.78 is 1.04. The summed E-state index contributed by atoms with van der Waals surface area (Å²) >= 11 is 0. The van der Waals surface area contributed by atoms with Crippen molar-refractivity contribution < 1.29 is 9.90 Å². The molecule has 1 aromatic rings. The van der Waals surface area contributed by atoms with E-state index in [1.54, 1.807) is 6.07 Å². The molecule has 1 aliphatic rings. The second kappa shape index (κ2) is 3.49. The van der Waals surface area contributed by atoms with Gasteiger partial charge in [0.15, 0.2) is 6.04 Å². The Balaban J connectivity index is 2.40. The molecular weight excluding hydrogens is 196 g/mol. The molecule has 1 atom stereocenters. The second-order valence-corrected chi connectivity index (χ2v) is 3.83. The van der Waals surface area contributed by atoms with E-state index in [1.807, 2.05) is 0 Å². The van der Waals surface area contributed by atoms with Crippen molar-refractivity contribution in [1.29, 1.82) is 0 Å². The third kappa shape index (κ3) is 1.91. The summed E-state index contributed by atoms with van der Waals surface area (Å²) in [6.45, 7) is 1.45. The third-order valence-corrected chi connectivity index (χ3v) is 2.57. The molecular formula is C10H12N2O3. The van der Waals surface area contributed by atoms with E-state index >= 15 is 0 Å². The average molecular weight is 208 g/mol. The highest BCUT2D eigenvalue weighted by molar-refractivity contribution is 5.71. The van der Waals surface area contributed by atoms with Crippen LogP contribution in [0.3, 0.4) is 0 Å². The predicted molar refractivity (Wildman–Crippen MR) is 52.8 cm³/mol. The summed E-state index contributed by atoms with van der Waals surface area (Å²) in [5.41, 5.74) is 0.456. The molecule has 5 nitrogen and oxygen atoms in total. The van der Waals surface area contributed by atoms with Crippen molar-refractivity contribution >= 4 is 5.97 Å². The van der Waals surface area contributed by atoms with E-state index in [4.69, 9.17) is 5.11 Å². The molecule has 1 fully saturated rings. The van der Waals surface area contributed by atoms with Gasteiger partial charge >= 0.3 is 5.97 Å². The summed E-state index contributed by atoms with van der Waals surface area (Å²) in [5, 5.41) is 12.9. The number of rotatable bonds is 3. The van der Waals surface area contributed by atoms with Crippen molar-refractivity contribution in [2.75, 3.05) is 0 Å². The molecule has 1 heterocycles. The van der Waals surface area contributed by atoms with Crippen molar-refractivity contribution in [3.8, 4) is 0 Å². The Kier molecular flexibility index (Phi) is 2.30. The van der Waals surface area contributed by atoms with Gasteiger partial charge in [-0.15, -0.1) is 0 Å². The van der Waals surface area contributed by atoms with Crippen molar-refractivity contribution in [3.05, 3.63) is 28.2 Å². The van der Waals surface area contributed by atoms with Gasteiger partial charge in [0.05, 0.1) is 5.69 Å². The van der Waals surface area contributed by atoms with Crippen LogP contribution in [0.5, 0.6) is 0 Å². The van der Waals surface area contributed by atoms with Gasteiger partial charge < -0.3 is 5.11 Å². The van der Waals surface area contributed by atoms with E-state index in [1.165, 1.54) is 13.0 Å². The van der Waals surface area contributed by atoms with Gasteiger partial charge in [0.2, 0.25) is 0 Å². The molecule has 15 heavy (non-hydrogen) atoms. The molecule has 5 heteroatoms. The van der Waals surface area contributed by atoms with Gasteiger partial charge in [-0.25, -0.2) is 9.48 Å². The fraction of sp³-hybridized carbons (Fsp3) is 0.500. The van der Waals surface area contributed by atoms with Crippen LogP contribution in [0.15, 0.2) is 16.9 Å². The summed E-state index contributed by atoms with van der Waals surface area (Å²) in [6.07, 6.45) is 2.15. The third-order valence-electron chi connectivity index (χ3n) is 2.57. The zero-order chi connectivity index (χ0) is 11.0. The van der Waals surface area contributed by atoms with E-state index in [0.717, 1.165) is 23.2 Å². The maximum absolute atomic E-state index is 11.4. The van der Waals surface area contributed by atoms with Gasteiger partial charge in [-0.2, -0.15) is 5.10 Å². The lowest BCUT2D eigenvalue weighted by atomic mass is 10.3. The number of aromatic nitrogens is 2. The van der Waals surface area contributed by atoms with Crippen LogP contribution in [0.25, 0.3) is 0 Å². The molecule has 0 aliphatic heterocycles. The normalized spacial score (nSPS) is 17.4. The minimum atomic E-state index is -1.04. The molecule has 1 aliphatic carbocycles. The maximum atomic E-state index is 11.4. The molecule has 0 amide bonds. The Labute approximate surface area is 86.4 Å². The number of hydrogen-bond donors (Lipinski definition) is 1. The van der Waals surface area contributed by atoms with Crippen LogP contribution >= 0.6 is 0 Å². The van der Waals surface area contributed by atoms with E-state index in [0.29, 0.717) is 5.92 Å². The summed E-state index contributed by atoms with van der Waals surface area (Å²) in [5.74, 6) is -0.629. The number of aliphatic carboxylic acids is 1. The number of hydrogen-bond acceptors (Lipinski definition) is 3. The van der Waals surface area contributed by atoms with Crippen LogP contribution in [0, 0.1) is 0 Å². The van der Waals surface area contributed by atoms with Crippen molar-refractivity contribution in [2.45, 2.75) is 31.7 Å². The number of carboxylic acids is 1. The molecule has 80 valence electrons. The van der Waals surface area contributed by atoms with Crippen LogP contribution in [-0.4, -0.2) is 20.9 Å². The highest BCUT2D eigenvalue weighted by Crippen LogP contribution is 2.38. The quantitative estimate of drug-likeness (QED) is 0.796. The average Bonchev–Trinajstić information content (AvgIpc) is 3.01. The molecule has 0 aromatic carbocycles. The first-order valence-electron chi connectivity index (χ1n) is 4.92. The van der Waals surface area contributed by atoms with Gasteiger partial charge in [0.1, 0.15) is 0 Å². The Morgan fingerprint density at radius 2 is 2.27 bits per heavy atom. The SMILES string of the molecule is C[C@@H](C(=O)O)n1nc(C2CC2)ccc1=O. The minimum Gasteiger partial charge on any atom is -0.480 e. The Bertz CT molecular complexity index is 448. The zero-order valence-electron chi connectivity index (χ0n) is 8.38. The number of carbonyl (C=O) groups is 1. The lowest BCUT2D eigenvalue weighted by molar-refractivity contribution is -0.140. The Morgan fingerprint density at radius 1 is 1.60 bits per heavy atom. The van der Waals surface area contributed by atoms with E-state index in [9.17, 15) is 9.59 Å². The fourth-order valence-electron chi connectivity index (χ4n) is 1.42. The fourth-order valence-corrected chi connectivity index (χ4v) is 1.42. The lowest BCUT2D eigenvalue weighted by Crippen LogP contribution is -2.30. The molecule has 0 saturated heterocycles. The summed E-state index contributed by atoms with van der Waals surface area (Å²) in [6, 6.07) is 2.17. The minimum absolute atomic E-state index is 0.366. The standard InChI is InChI=1S/C10H12N2O3/c1-6(10(14)15)12-9(13)5-4-8(11-12)7-2-3-7/h4-7H,2-3H2,1H3,(H,14,15)/t6-/m0/s1. The monoisotopic (exact) mass is 208 g/mol. The summed E-state index contributed by atoms with van der Waals surface area (Å²) in [4.78, 5) is 22.1. The zero-order valence-corrected chi connectivity index (χ0v) is 8.38. The van der Waals surface area contributed by atoms with E-state index in [2.05, 4.69) is 5.10 Å². The van der Waals surface area contributed by atoms with Gasteiger partial charge in [0.25, 0.3) is 5.56 Å². The first-order valence-corrected chi connectivity index (χ1v) is 4.92. The molecule has 2 rings (SSSR count). The van der Waals surface area contributed by atoms with Crippen LogP contribution in [0.1, 0.15) is 37.4 Å². The lowest BCUT2D eigenvalue weighted by Gasteiger charge is -2.09. The van der Waals surface area contributed by atoms with Crippen LogP contribution < -0.4 is 5.56 Å². The Morgan fingerprint density at radius 3 is 2.80 bits per heavy atom. The van der Waals surface area contributed by atoms with Gasteiger partial charge in [0, 0.05) is 12.0 Å². The summed E-state index contributed by atoms with van der Waals surface area (Å²) in [7, 11) is 0.